The van der Waals surface area contributed by atoms with E-state index in [1.54, 1.807) is 49.9 Å². The third kappa shape index (κ3) is 5.21. The Morgan fingerprint density at radius 1 is 1.12 bits per heavy atom. The number of aliphatic hydroxyl groups is 1. The van der Waals surface area contributed by atoms with Crippen molar-refractivity contribution in [2.24, 2.45) is 0 Å². The molecule has 4 aromatic heterocycles. The van der Waals surface area contributed by atoms with Gasteiger partial charge in [-0.3, -0.25) is 4.79 Å². The summed E-state index contributed by atoms with van der Waals surface area (Å²) in [5.74, 6) is 1.28. The predicted molar refractivity (Wildman–Crippen MR) is 125 cm³/mol. The lowest BCUT2D eigenvalue weighted by Crippen LogP contribution is -2.38. The summed E-state index contributed by atoms with van der Waals surface area (Å²) in [6.07, 6.45) is 3.52. The molecule has 4 heterocycles. The fourth-order valence-corrected chi connectivity index (χ4v) is 3.13. The van der Waals surface area contributed by atoms with Crippen LogP contribution in [0.3, 0.4) is 0 Å². The summed E-state index contributed by atoms with van der Waals surface area (Å²) in [6.45, 7) is 3.33. The van der Waals surface area contributed by atoms with E-state index in [1.165, 1.54) is 7.11 Å². The molecule has 11 heteroatoms. The lowest BCUT2D eigenvalue weighted by molar-refractivity contribution is 0.0692. The van der Waals surface area contributed by atoms with Gasteiger partial charge < -0.3 is 25.2 Å². The maximum absolute atomic E-state index is 12.3. The van der Waals surface area contributed by atoms with Crippen molar-refractivity contribution in [3.8, 4) is 22.8 Å². The molecule has 0 aliphatic rings. The minimum absolute atomic E-state index is 0.108. The minimum Gasteiger partial charge on any atom is -0.491 e. The maximum atomic E-state index is 12.3. The van der Waals surface area contributed by atoms with Crippen LogP contribution in [0.15, 0.2) is 48.8 Å². The van der Waals surface area contributed by atoms with Crippen LogP contribution >= 0.6 is 0 Å². The molecule has 0 saturated carbocycles. The van der Waals surface area contributed by atoms with Gasteiger partial charge in [-0.2, -0.15) is 4.98 Å². The van der Waals surface area contributed by atoms with E-state index in [1.807, 2.05) is 24.4 Å². The van der Waals surface area contributed by atoms with Crippen molar-refractivity contribution in [3.05, 3.63) is 54.5 Å². The summed E-state index contributed by atoms with van der Waals surface area (Å²) in [4.78, 5) is 25.4. The Kier molecular flexibility index (Phi) is 6.28. The number of hydrogen-bond donors (Lipinski definition) is 3. The highest BCUT2D eigenvalue weighted by molar-refractivity contribution is 5.92. The van der Waals surface area contributed by atoms with E-state index in [-0.39, 0.29) is 18.1 Å². The van der Waals surface area contributed by atoms with Gasteiger partial charge in [-0.1, -0.05) is 6.07 Å². The molecular weight excluding hydrogens is 438 g/mol. The predicted octanol–water partition coefficient (Wildman–Crippen LogP) is 2.45. The van der Waals surface area contributed by atoms with Crippen molar-refractivity contribution in [1.29, 1.82) is 0 Å². The van der Waals surface area contributed by atoms with Crippen LogP contribution in [0.4, 0.5) is 11.8 Å². The molecular formula is C23H25N7O4. The van der Waals surface area contributed by atoms with Gasteiger partial charge in [-0.15, -0.1) is 5.10 Å². The summed E-state index contributed by atoms with van der Waals surface area (Å²) in [7, 11) is 3.09. The van der Waals surface area contributed by atoms with Crippen molar-refractivity contribution >= 4 is 23.3 Å². The molecule has 0 atom stereocenters. The van der Waals surface area contributed by atoms with Gasteiger partial charge in [0.1, 0.15) is 11.5 Å². The zero-order chi connectivity index (χ0) is 24.3. The molecule has 11 nitrogen and oxygen atoms in total. The van der Waals surface area contributed by atoms with Crippen LogP contribution in [0.2, 0.25) is 0 Å². The Labute approximate surface area is 195 Å². The lowest BCUT2D eigenvalue weighted by atomic mass is 10.1. The molecule has 1 amide bonds. The maximum Gasteiger partial charge on any atom is 0.270 e. The van der Waals surface area contributed by atoms with Crippen molar-refractivity contribution < 1.29 is 19.4 Å². The Bertz CT molecular complexity index is 1330. The number of anilines is 2. The second kappa shape index (κ2) is 9.32. The smallest absolute Gasteiger partial charge is 0.270 e. The number of hydrogen-bond acceptors (Lipinski definition) is 9. The van der Waals surface area contributed by atoms with Gasteiger partial charge in [0.2, 0.25) is 5.95 Å². The molecule has 0 saturated heterocycles. The van der Waals surface area contributed by atoms with Crippen LogP contribution in [0, 0.1) is 0 Å². The summed E-state index contributed by atoms with van der Waals surface area (Å²) in [6, 6.07) is 10.6. The van der Waals surface area contributed by atoms with E-state index in [2.05, 4.69) is 30.7 Å². The topological polar surface area (TPSA) is 136 Å². The van der Waals surface area contributed by atoms with E-state index in [0.29, 0.717) is 29.0 Å². The Morgan fingerprint density at radius 2 is 1.94 bits per heavy atom. The number of carbonyl (C=O) groups is 1. The van der Waals surface area contributed by atoms with Gasteiger partial charge in [-0.05, 0) is 44.2 Å². The number of aromatic nitrogens is 5. The summed E-state index contributed by atoms with van der Waals surface area (Å²) in [5.41, 5.74) is 1.51. The molecule has 176 valence electrons. The van der Waals surface area contributed by atoms with Crippen LogP contribution in [-0.4, -0.2) is 61.9 Å². The second-order valence-corrected chi connectivity index (χ2v) is 8.12. The fraction of sp³-hybridized carbons (Fsp3) is 0.261. The molecule has 0 fully saturated rings. The third-order valence-electron chi connectivity index (χ3n) is 4.80. The largest absolute Gasteiger partial charge is 0.491 e. The molecule has 0 aromatic carbocycles. The summed E-state index contributed by atoms with van der Waals surface area (Å²) >= 11 is 0. The van der Waals surface area contributed by atoms with E-state index in [9.17, 15) is 9.90 Å². The minimum atomic E-state index is -1.02. The number of ether oxygens (including phenoxy) is 2. The molecule has 3 N–H and O–H groups in total. The van der Waals surface area contributed by atoms with Gasteiger partial charge in [0.25, 0.3) is 11.8 Å². The number of amides is 1. The van der Waals surface area contributed by atoms with Crippen molar-refractivity contribution in [2.75, 3.05) is 26.1 Å². The first kappa shape index (κ1) is 22.9. The molecule has 0 bridgehead atoms. The van der Waals surface area contributed by atoms with Crippen molar-refractivity contribution in [1.82, 2.24) is 29.9 Å². The zero-order valence-corrected chi connectivity index (χ0v) is 19.2. The Morgan fingerprint density at radius 3 is 2.68 bits per heavy atom. The first-order chi connectivity index (χ1) is 16.3. The molecule has 0 spiro atoms. The van der Waals surface area contributed by atoms with Crippen molar-refractivity contribution in [2.45, 2.75) is 19.4 Å². The first-order valence-electron chi connectivity index (χ1n) is 10.5. The number of nitrogens with one attached hydrogen (secondary N) is 2. The average Bonchev–Trinajstić information content (AvgIpc) is 3.23. The number of pyridine rings is 3. The van der Waals surface area contributed by atoms with Gasteiger partial charge >= 0.3 is 0 Å². The van der Waals surface area contributed by atoms with Crippen LogP contribution in [-0.2, 0) is 0 Å². The van der Waals surface area contributed by atoms with Gasteiger partial charge in [-0.25, -0.2) is 14.5 Å². The zero-order valence-electron chi connectivity index (χ0n) is 19.2. The molecule has 0 radical (unpaired) electrons. The standard InChI is InChI=1S/C23H25N7O4/c1-23(2,32)13-25-20(31)16-6-5-7-18(26-16)27-22-28-19-9-8-14(12-30(19)29-22)15-10-17(33-3)21(34-4)24-11-15/h5-12,32H,13H2,1-4H3,(H,25,31)(H,26,27,29). The van der Waals surface area contributed by atoms with Crippen LogP contribution in [0.25, 0.3) is 16.8 Å². The number of nitrogens with zero attached hydrogens (tertiary/aromatic N) is 5. The average molecular weight is 463 g/mol. The highest BCUT2D eigenvalue weighted by Crippen LogP contribution is 2.30. The van der Waals surface area contributed by atoms with E-state index < -0.39 is 5.60 Å². The third-order valence-corrected chi connectivity index (χ3v) is 4.80. The molecule has 0 unspecified atom stereocenters. The SMILES string of the molecule is COc1cc(-c2ccc3nc(Nc4cccc(C(=O)NCC(C)(C)O)n4)nn3c2)cnc1OC. The van der Waals surface area contributed by atoms with Crippen LogP contribution < -0.4 is 20.1 Å². The second-order valence-electron chi connectivity index (χ2n) is 8.12. The molecule has 0 aliphatic heterocycles. The number of carbonyl (C=O) groups excluding carboxylic acids is 1. The fourth-order valence-electron chi connectivity index (χ4n) is 3.13. The Hall–Kier alpha value is -4.25. The first-order valence-corrected chi connectivity index (χ1v) is 10.5. The van der Waals surface area contributed by atoms with Crippen LogP contribution in [0.5, 0.6) is 11.6 Å². The summed E-state index contributed by atoms with van der Waals surface area (Å²) in [5, 5.41) is 19.9. The number of rotatable bonds is 8. The van der Waals surface area contributed by atoms with E-state index >= 15 is 0 Å². The lowest BCUT2D eigenvalue weighted by Gasteiger charge is -2.17. The van der Waals surface area contributed by atoms with E-state index in [4.69, 9.17) is 9.47 Å². The highest BCUT2D eigenvalue weighted by Gasteiger charge is 2.16. The van der Waals surface area contributed by atoms with Crippen LogP contribution in [0.1, 0.15) is 24.3 Å². The summed E-state index contributed by atoms with van der Waals surface area (Å²) < 4.78 is 12.2. The van der Waals surface area contributed by atoms with Gasteiger partial charge in [0, 0.05) is 30.1 Å². The van der Waals surface area contributed by atoms with Gasteiger partial charge in [0.15, 0.2) is 11.4 Å². The molecule has 4 aromatic rings. The number of methoxy groups -OCH3 is 2. The normalized spacial score (nSPS) is 11.3. The van der Waals surface area contributed by atoms with Gasteiger partial charge in [0.05, 0.1) is 19.8 Å². The Balaban J connectivity index is 1.54. The monoisotopic (exact) mass is 463 g/mol. The van der Waals surface area contributed by atoms with Crippen molar-refractivity contribution in [3.63, 3.8) is 0 Å². The number of fused-ring (bicyclic) bond motifs is 1. The molecule has 4 rings (SSSR count). The molecule has 0 aliphatic carbocycles. The quantitative estimate of drug-likeness (QED) is 0.360. The van der Waals surface area contributed by atoms with E-state index in [0.717, 1.165) is 11.1 Å². The highest BCUT2D eigenvalue weighted by atomic mass is 16.5. The molecule has 34 heavy (non-hydrogen) atoms.